The second-order valence-electron chi connectivity index (χ2n) is 6.42. The number of carbonyl (C=O) groups excluding carboxylic acids is 3. The molecule has 0 bridgehead atoms. The Morgan fingerprint density at radius 2 is 1.92 bits per heavy atom. The summed E-state index contributed by atoms with van der Waals surface area (Å²) in [5.41, 5.74) is 2.89. The van der Waals surface area contributed by atoms with E-state index in [1.807, 2.05) is 0 Å². The summed E-state index contributed by atoms with van der Waals surface area (Å²) >= 11 is 0. The molecule has 1 aromatic heterocycles. The Morgan fingerprint density at radius 1 is 1.19 bits per heavy atom. The van der Waals surface area contributed by atoms with Crippen LogP contribution in [-0.2, 0) is 17.8 Å². The van der Waals surface area contributed by atoms with Gasteiger partial charge in [-0.2, -0.15) is 5.10 Å². The fourth-order valence-corrected chi connectivity index (χ4v) is 3.36. The molecule has 3 heterocycles. The summed E-state index contributed by atoms with van der Waals surface area (Å²) in [6, 6.07) is 6.77. The Hall–Kier alpha value is -3.00. The number of hydrogen-bond donors (Lipinski definition) is 3. The first-order chi connectivity index (χ1) is 12.6. The van der Waals surface area contributed by atoms with Crippen LogP contribution in [0.1, 0.15) is 44.8 Å². The van der Waals surface area contributed by atoms with Crippen LogP contribution >= 0.6 is 0 Å². The van der Waals surface area contributed by atoms with Crippen molar-refractivity contribution in [3.63, 3.8) is 0 Å². The number of H-pyrrole nitrogens is 1. The van der Waals surface area contributed by atoms with E-state index in [1.54, 1.807) is 24.3 Å². The molecule has 8 heteroatoms. The lowest BCUT2D eigenvalue weighted by atomic mass is 10.1. The minimum atomic E-state index is -0.293. The molecule has 0 radical (unpaired) electrons. The van der Waals surface area contributed by atoms with Gasteiger partial charge in [0.15, 0.2) is 5.82 Å². The highest BCUT2D eigenvalue weighted by Gasteiger charge is 2.34. The Labute approximate surface area is 150 Å². The number of anilines is 1. The zero-order valence-electron chi connectivity index (χ0n) is 14.2. The van der Waals surface area contributed by atoms with Crippen molar-refractivity contribution in [1.29, 1.82) is 0 Å². The van der Waals surface area contributed by atoms with E-state index in [-0.39, 0.29) is 30.7 Å². The van der Waals surface area contributed by atoms with Gasteiger partial charge in [0.2, 0.25) is 5.91 Å². The number of hydrogen-bond acceptors (Lipinski definition) is 5. The van der Waals surface area contributed by atoms with E-state index in [0.29, 0.717) is 29.9 Å². The van der Waals surface area contributed by atoms with Crippen LogP contribution in [0.15, 0.2) is 24.3 Å². The van der Waals surface area contributed by atoms with Crippen LogP contribution in [0, 0.1) is 0 Å². The van der Waals surface area contributed by atoms with Crippen molar-refractivity contribution >= 4 is 23.5 Å². The smallest absolute Gasteiger partial charge is 0.261 e. The van der Waals surface area contributed by atoms with E-state index in [0.717, 1.165) is 24.2 Å². The van der Waals surface area contributed by atoms with Crippen molar-refractivity contribution in [2.75, 3.05) is 18.4 Å². The topological polar surface area (TPSA) is 107 Å². The van der Waals surface area contributed by atoms with Gasteiger partial charge in [-0.05, 0) is 18.6 Å². The van der Waals surface area contributed by atoms with E-state index < -0.39 is 0 Å². The molecule has 4 rings (SSSR count). The molecular weight excluding hydrogens is 334 g/mol. The highest BCUT2D eigenvalue weighted by atomic mass is 16.2. The number of rotatable bonds is 5. The second kappa shape index (κ2) is 6.72. The second-order valence-corrected chi connectivity index (χ2v) is 6.42. The van der Waals surface area contributed by atoms with Crippen LogP contribution in [0.3, 0.4) is 0 Å². The number of amides is 3. The summed E-state index contributed by atoms with van der Waals surface area (Å²) < 4.78 is 0. The standard InChI is InChI=1S/C18H19N5O3/c24-15(20-16-13-10-19-8-7-14(13)21-22-16)6-3-9-23-17(25)11-4-1-2-5-12(11)18(23)26/h1-2,4-5,19H,3,6-10H2,(H2,20,21,22,24). The number of aromatic nitrogens is 2. The predicted molar refractivity (Wildman–Crippen MR) is 93.7 cm³/mol. The maximum Gasteiger partial charge on any atom is 0.261 e. The quantitative estimate of drug-likeness (QED) is 0.697. The number of nitrogens with zero attached hydrogens (tertiary/aromatic N) is 2. The Morgan fingerprint density at radius 3 is 2.65 bits per heavy atom. The SMILES string of the molecule is O=C(CCCN1C(=O)c2ccccc2C1=O)Nc1n[nH]c2c1CNCC2. The van der Waals surface area contributed by atoms with Crippen LogP contribution in [0.25, 0.3) is 0 Å². The van der Waals surface area contributed by atoms with Gasteiger partial charge in [-0.15, -0.1) is 0 Å². The van der Waals surface area contributed by atoms with Gasteiger partial charge >= 0.3 is 0 Å². The number of aromatic amines is 1. The van der Waals surface area contributed by atoms with Crippen molar-refractivity contribution in [3.8, 4) is 0 Å². The average molecular weight is 353 g/mol. The van der Waals surface area contributed by atoms with E-state index >= 15 is 0 Å². The molecule has 134 valence electrons. The fraction of sp³-hybridized carbons (Fsp3) is 0.333. The molecule has 8 nitrogen and oxygen atoms in total. The maximum absolute atomic E-state index is 12.3. The predicted octanol–water partition coefficient (Wildman–Crippen LogP) is 1.07. The third-order valence-electron chi connectivity index (χ3n) is 4.73. The summed E-state index contributed by atoms with van der Waals surface area (Å²) in [6.07, 6.45) is 1.47. The maximum atomic E-state index is 12.3. The molecule has 2 aromatic rings. The number of nitrogens with one attached hydrogen (secondary N) is 3. The van der Waals surface area contributed by atoms with Crippen LogP contribution in [0.5, 0.6) is 0 Å². The minimum absolute atomic E-state index is 0.179. The van der Waals surface area contributed by atoms with Crippen molar-refractivity contribution in [2.45, 2.75) is 25.8 Å². The summed E-state index contributed by atoms with van der Waals surface area (Å²) in [5.74, 6) is -0.212. The first kappa shape index (κ1) is 16.5. The molecule has 2 aliphatic heterocycles. The van der Waals surface area contributed by atoms with Gasteiger partial charge in [0.1, 0.15) is 0 Å². The summed E-state index contributed by atoms with van der Waals surface area (Å²) in [6.45, 7) is 1.79. The molecule has 0 saturated heterocycles. The third-order valence-corrected chi connectivity index (χ3v) is 4.73. The summed E-state index contributed by atoms with van der Waals surface area (Å²) in [4.78, 5) is 38.0. The average Bonchev–Trinajstić information content (AvgIpc) is 3.17. The molecule has 3 N–H and O–H groups in total. The van der Waals surface area contributed by atoms with Crippen molar-refractivity contribution in [2.24, 2.45) is 0 Å². The normalized spacial score (nSPS) is 15.8. The molecule has 0 fully saturated rings. The molecule has 0 unspecified atom stereocenters. The third kappa shape index (κ3) is 2.88. The number of imide groups is 1. The highest BCUT2D eigenvalue weighted by molar-refractivity contribution is 6.21. The van der Waals surface area contributed by atoms with E-state index in [1.165, 1.54) is 4.90 Å². The van der Waals surface area contributed by atoms with Crippen molar-refractivity contribution in [3.05, 3.63) is 46.6 Å². The van der Waals surface area contributed by atoms with Gasteiger partial charge in [0, 0.05) is 43.7 Å². The van der Waals surface area contributed by atoms with E-state index in [2.05, 4.69) is 20.8 Å². The molecule has 26 heavy (non-hydrogen) atoms. The van der Waals surface area contributed by atoms with E-state index in [4.69, 9.17) is 0 Å². The minimum Gasteiger partial charge on any atom is -0.312 e. The largest absolute Gasteiger partial charge is 0.312 e. The number of carbonyl (C=O) groups is 3. The van der Waals surface area contributed by atoms with Gasteiger partial charge in [-0.3, -0.25) is 24.4 Å². The summed E-state index contributed by atoms with van der Waals surface area (Å²) in [5, 5.41) is 13.2. The lowest BCUT2D eigenvalue weighted by Gasteiger charge is -2.14. The van der Waals surface area contributed by atoms with Crippen LogP contribution in [0.2, 0.25) is 0 Å². The lowest BCUT2D eigenvalue weighted by Crippen LogP contribution is -2.31. The van der Waals surface area contributed by atoms with Crippen LogP contribution < -0.4 is 10.6 Å². The zero-order valence-corrected chi connectivity index (χ0v) is 14.2. The van der Waals surface area contributed by atoms with Crippen LogP contribution in [-0.4, -0.2) is 45.9 Å². The van der Waals surface area contributed by atoms with Gasteiger partial charge in [0.05, 0.1) is 11.1 Å². The van der Waals surface area contributed by atoms with Gasteiger partial charge in [-0.25, -0.2) is 0 Å². The van der Waals surface area contributed by atoms with Crippen molar-refractivity contribution in [1.82, 2.24) is 20.4 Å². The number of fused-ring (bicyclic) bond motifs is 2. The number of benzene rings is 1. The first-order valence-electron chi connectivity index (χ1n) is 8.67. The first-order valence-corrected chi connectivity index (χ1v) is 8.67. The molecule has 2 aliphatic rings. The van der Waals surface area contributed by atoms with Gasteiger partial charge < -0.3 is 10.6 Å². The fourth-order valence-electron chi connectivity index (χ4n) is 3.36. The Kier molecular flexibility index (Phi) is 4.26. The summed E-state index contributed by atoms with van der Waals surface area (Å²) in [7, 11) is 0. The molecule has 0 saturated carbocycles. The molecule has 3 amide bonds. The van der Waals surface area contributed by atoms with Crippen molar-refractivity contribution < 1.29 is 14.4 Å². The van der Waals surface area contributed by atoms with E-state index in [9.17, 15) is 14.4 Å². The van der Waals surface area contributed by atoms with Crippen LogP contribution in [0.4, 0.5) is 5.82 Å². The van der Waals surface area contributed by atoms with Gasteiger partial charge in [0.25, 0.3) is 11.8 Å². The molecular formula is C18H19N5O3. The molecule has 0 spiro atoms. The zero-order chi connectivity index (χ0) is 18.1. The Balaban J connectivity index is 1.31. The molecule has 1 aromatic carbocycles. The molecule has 0 atom stereocenters. The molecule has 0 aliphatic carbocycles. The lowest BCUT2D eigenvalue weighted by molar-refractivity contribution is -0.116. The van der Waals surface area contributed by atoms with Gasteiger partial charge in [-0.1, -0.05) is 12.1 Å². The monoisotopic (exact) mass is 353 g/mol. The highest BCUT2D eigenvalue weighted by Crippen LogP contribution is 2.23. The Bertz CT molecular complexity index is 854.